The van der Waals surface area contributed by atoms with Crippen molar-refractivity contribution in [2.45, 2.75) is 12.8 Å². The Balaban J connectivity index is 3.02. The average Bonchev–Trinajstić information content (AvgIpc) is 2.43. The van der Waals surface area contributed by atoms with Crippen LogP contribution in [0.4, 0.5) is 0 Å². The number of carbonyl (C=O) groups excluding carboxylic acids is 2. The zero-order valence-corrected chi connectivity index (χ0v) is 10.6. The van der Waals surface area contributed by atoms with Crippen LogP contribution < -0.4 is 4.74 Å². The molecule has 0 fully saturated rings. The zero-order chi connectivity index (χ0) is 13.5. The van der Waals surface area contributed by atoms with Crippen molar-refractivity contribution in [3.8, 4) is 5.88 Å². The molecule has 6 heteroatoms. The first-order valence-corrected chi connectivity index (χ1v) is 5.31. The van der Waals surface area contributed by atoms with Crippen LogP contribution in [0.1, 0.15) is 22.3 Å². The summed E-state index contributed by atoms with van der Waals surface area (Å²) < 4.78 is 14.2. The molecule has 1 rings (SSSR count). The number of nitrogens with zero attached hydrogens (tertiary/aromatic N) is 1. The summed E-state index contributed by atoms with van der Waals surface area (Å²) in [6.45, 7) is 0. The van der Waals surface area contributed by atoms with E-state index >= 15 is 0 Å². The number of carbonyl (C=O) groups is 2. The molecule has 0 amide bonds. The van der Waals surface area contributed by atoms with E-state index in [1.165, 1.54) is 27.5 Å². The second kappa shape index (κ2) is 6.58. The van der Waals surface area contributed by atoms with Crippen LogP contribution in [-0.2, 0) is 20.7 Å². The van der Waals surface area contributed by atoms with Crippen LogP contribution >= 0.6 is 0 Å². The predicted molar refractivity (Wildman–Crippen MR) is 62.5 cm³/mol. The molecule has 18 heavy (non-hydrogen) atoms. The van der Waals surface area contributed by atoms with Gasteiger partial charge < -0.3 is 14.2 Å². The Hall–Kier alpha value is -2.11. The van der Waals surface area contributed by atoms with Crippen LogP contribution in [0.3, 0.4) is 0 Å². The van der Waals surface area contributed by atoms with Gasteiger partial charge in [-0.05, 0) is 18.1 Å². The van der Waals surface area contributed by atoms with Gasteiger partial charge in [0.15, 0.2) is 0 Å². The molecule has 0 aliphatic rings. The second-order valence-electron chi connectivity index (χ2n) is 3.42. The van der Waals surface area contributed by atoms with E-state index < -0.39 is 5.97 Å². The summed E-state index contributed by atoms with van der Waals surface area (Å²) in [6, 6.07) is 1.65. The Labute approximate surface area is 105 Å². The molecule has 1 aromatic rings. The molecule has 0 N–H and O–H groups in total. The van der Waals surface area contributed by atoms with Crippen molar-refractivity contribution < 1.29 is 23.8 Å². The number of aryl methyl sites for hydroxylation is 1. The van der Waals surface area contributed by atoms with Gasteiger partial charge in [0.05, 0.1) is 21.3 Å². The monoisotopic (exact) mass is 253 g/mol. The summed E-state index contributed by atoms with van der Waals surface area (Å²) in [5.74, 6) is -0.703. The average molecular weight is 253 g/mol. The topological polar surface area (TPSA) is 74.7 Å². The van der Waals surface area contributed by atoms with Crippen LogP contribution in [0.25, 0.3) is 0 Å². The van der Waals surface area contributed by atoms with Crippen molar-refractivity contribution in [2.75, 3.05) is 21.3 Å². The number of rotatable bonds is 5. The highest BCUT2D eigenvalue weighted by Gasteiger charge is 2.19. The van der Waals surface area contributed by atoms with Crippen molar-refractivity contribution >= 4 is 11.9 Å². The molecule has 1 heterocycles. The van der Waals surface area contributed by atoms with E-state index in [2.05, 4.69) is 14.5 Å². The molecule has 1 aromatic heterocycles. The summed E-state index contributed by atoms with van der Waals surface area (Å²) in [5, 5.41) is 0. The van der Waals surface area contributed by atoms with Gasteiger partial charge in [0.2, 0.25) is 5.88 Å². The van der Waals surface area contributed by atoms with Crippen molar-refractivity contribution in [2.24, 2.45) is 0 Å². The first-order valence-electron chi connectivity index (χ1n) is 5.31. The molecular weight excluding hydrogens is 238 g/mol. The van der Waals surface area contributed by atoms with E-state index in [0.29, 0.717) is 12.0 Å². The first-order chi connectivity index (χ1) is 8.63. The third-order valence-electron chi connectivity index (χ3n) is 2.41. The summed E-state index contributed by atoms with van der Waals surface area (Å²) in [5.41, 5.74) is 0.880. The third kappa shape index (κ3) is 3.19. The van der Waals surface area contributed by atoms with E-state index in [1.807, 2.05) is 0 Å². The van der Waals surface area contributed by atoms with Gasteiger partial charge in [-0.25, -0.2) is 9.78 Å². The lowest BCUT2D eigenvalue weighted by molar-refractivity contribution is -0.140. The fourth-order valence-electron chi connectivity index (χ4n) is 1.50. The van der Waals surface area contributed by atoms with Crippen molar-refractivity contribution in [1.82, 2.24) is 4.98 Å². The molecule has 0 spiro atoms. The molecule has 0 atom stereocenters. The van der Waals surface area contributed by atoms with Crippen LogP contribution in [0.5, 0.6) is 5.88 Å². The normalized spacial score (nSPS) is 9.72. The van der Waals surface area contributed by atoms with Gasteiger partial charge in [-0.15, -0.1) is 0 Å². The highest BCUT2D eigenvalue weighted by atomic mass is 16.5. The smallest absolute Gasteiger partial charge is 0.343 e. The fourth-order valence-corrected chi connectivity index (χ4v) is 1.50. The van der Waals surface area contributed by atoms with Gasteiger partial charge in [0.1, 0.15) is 5.56 Å². The maximum absolute atomic E-state index is 11.7. The largest absolute Gasteiger partial charge is 0.480 e. The van der Waals surface area contributed by atoms with Crippen LogP contribution in [0, 0.1) is 0 Å². The molecule has 0 aliphatic carbocycles. The minimum atomic E-state index is -0.542. The molecule has 0 aromatic carbocycles. The van der Waals surface area contributed by atoms with E-state index in [-0.39, 0.29) is 23.8 Å². The number of pyridine rings is 1. The zero-order valence-electron chi connectivity index (χ0n) is 10.6. The summed E-state index contributed by atoms with van der Waals surface area (Å²) in [6.07, 6.45) is 2.04. The van der Waals surface area contributed by atoms with Gasteiger partial charge in [-0.1, -0.05) is 0 Å². The van der Waals surface area contributed by atoms with Gasteiger partial charge in [0.25, 0.3) is 0 Å². The molecule has 0 radical (unpaired) electrons. The molecule has 98 valence electrons. The van der Waals surface area contributed by atoms with Crippen LogP contribution in [0.15, 0.2) is 12.3 Å². The Kier molecular flexibility index (Phi) is 5.10. The fraction of sp³-hybridized carbons (Fsp3) is 0.417. The standard InChI is InChI=1S/C12H15NO5/c1-16-9(14)5-4-8-6-7-13-11(17-2)10(8)12(15)18-3/h6-7H,4-5H2,1-3H3. The van der Waals surface area contributed by atoms with Crippen LogP contribution in [-0.4, -0.2) is 38.3 Å². The lowest BCUT2D eigenvalue weighted by atomic mass is 10.0. The number of hydrogen-bond acceptors (Lipinski definition) is 6. The van der Waals surface area contributed by atoms with Gasteiger partial charge >= 0.3 is 11.9 Å². The molecule has 6 nitrogen and oxygen atoms in total. The highest BCUT2D eigenvalue weighted by molar-refractivity contribution is 5.93. The maximum Gasteiger partial charge on any atom is 0.343 e. The summed E-state index contributed by atoms with van der Waals surface area (Å²) in [4.78, 5) is 26.7. The molecule has 0 saturated heterocycles. The minimum Gasteiger partial charge on any atom is -0.480 e. The molecule has 0 aliphatic heterocycles. The van der Waals surface area contributed by atoms with Crippen molar-refractivity contribution in [3.63, 3.8) is 0 Å². The number of ether oxygens (including phenoxy) is 3. The quantitative estimate of drug-likeness (QED) is 0.728. The molecule has 0 unspecified atom stereocenters. The van der Waals surface area contributed by atoms with E-state index in [9.17, 15) is 9.59 Å². The predicted octanol–water partition coefficient (Wildman–Crippen LogP) is 0.982. The number of esters is 2. The Bertz CT molecular complexity index is 444. The van der Waals surface area contributed by atoms with Gasteiger partial charge in [-0.2, -0.15) is 0 Å². The highest BCUT2D eigenvalue weighted by Crippen LogP contribution is 2.21. The molecule has 0 bridgehead atoms. The van der Waals surface area contributed by atoms with E-state index in [4.69, 9.17) is 4.74 Å². The lowest BCUT2D eigenvalue weighted by Gasteiger charge is -2.10. The van der Waals surface area contributed by atoms with E-state index in [0.717, 1.165) is 0 Å². The van der Waals surface area contributed by atoms with Gasteiger partial charge in [-0.3, -0.25) is 4.79 Å². The Morgan fingerprint density at radius 2 is 1.94 bits per heavy atom. The van der Waals surface area contributed by atoms with E-state index in [1.54, 1.807) is 6.07 Å². The molecular formula is C12H15NO5. The van der Waals surface area contributed by atoms with Crippen molar-refractivity contribution in [3.05, 3.63) is 23.4 Å². The maximum atomic E-state index is 11.7. The lowest BCUT2D eigenvalue weighted by Crippen LogP contribution is -2.11. The number of methoxy groups -OCH3 is 3. The molecule has 0 saturated carbocycles. The minimum absolute atomic E-state index is 0.174. The SMILES string of the molecule is COC(=O)CCc1ccnc(OC)c1C(=O)OC. The number of aromatic nitrogens is 1. The summed E-state index contributed by atoms with van der Waals surface area (Å²) >= 11 is 0. The number of hydrogen-bond donors (Lipinski definition) is 0. The summed E-state index contributed by atoms with van der Waals surface area (Å²) in [7, 11) is 4.01. The Morgan fingerprint density at radius 3 is 2.50 bits per heavy atom. The van der Waals surface area contributed by atoms with Gasteiger partial charge in [0, 0.05) is 12.6 Å². The third-order valence-corrected chi connectivity index (χ3v) is 2.41. The van der Waals surface area contributed by atoms with Crippen LogP contribution in [0.2, 0.25) is 0 Å². The Morgan fingerprint density at radius 1 is 1.22 bits per heavy atom. The first kappa shape index (κ1) is 14.0. The second-order valence-corrected chi connectivity index (χ2v) is 3.42. The van der Waals surface area contributed by atoms with Crippen molar-refractivity contribution in [1.29, 1.82) is 0 Å².